The van der Waals surface area contributed by atoms with Crippen molar-refractivity contribution in [1.29, 1.82) is 0 Å². The number of rotatable bonds is 4. The average Bonchev–Trinajstić information content (AvgIpc) is 2.87. The van der Waals surface area contributed by atoms with E-state index in [1.807, 2.05) is 0 Å². The topological polar surface area (TPSA) is 86.7 Å². The molecule has 0 saturated carbocycles. The van der Waals surface area contributed by atoms with Gasteiger partial charge in [0.15, 0.2) is 0 Å². The third-order valence-electron chi connectivity index (χ3n) is 3.41. The molecule has 6 nitrogen and oxygen atoms in total. The summed E-state index contributed by atoms with van der Waals surface area (Å²) in [6, 6.07) is 6.30. The van der Waals surface area contributed by atoms with E-state index in [4.69, 9.17) is 16.3 Å². The Bertz CT molecular complexity index is 571. The molecule has 2 atom stereocenters. The maximum atomic E-state index is 12.3. The number of carbonyl (C=O) groups excluding carboxylic acids is 3. The fourth-order valence-electron chi connectivity index (χ4n) is 2.23. The van der Waals surface area contributed by atoms with Crippen molar-refractivity contribution < 1.29 is 24.2 Å². The number of amides is 2. The van der Waals surface area contributed by atoms with Crippen molar-refractivity contribution in [2.24, 2.45) is 5.92 Å². The van der Waals surface area contributed by atoms with Gasteiger partial charge in [-0.2, -0.15) is 0 Å². The summed E-state index contributed by atoms with van der Waals surface area (Å²) in [6.45, 7) is 0.144. The summed E-state index contributed by atoms with van der Waals surface area (Å²) >= 11 is 5.64. The van der Waals surface area contributed by atoms with Crippen molar-refractivity contribution in [3.8, 4) is 5.75 Å². The molecule has 1 fully saturated rings. The van der Waals surface area contributed by atoms with Crippen LogP contribution in [0.25, 0.3) is 0 Å². The molecule has 1 aromatic rings. The maximum absolute atomic E-state index is 12.3. The Labute approximate surface area is 126 Å². The summed E-state index contributed by atoms with van der Waals surface area (Å²) in [6.07, 6.45) is 0.211. The predicted octanol–water partition coefficient (Wildman–Crippen LogP) is 0.0412. The maximum Gasteiger partial charge on any atom is 0.260 e. The number of halogens is 1. The quantitative estimate of drug-likeness (QED) is 0.579. The van der Waals surface area contributed by atoms with E-state index in [0.29, 0.717) is 11.3 Å². The molecule has 0 unspecified atom stereocenters. The molecule has 1 aromatic carbocycles. The van der Waals surface area contributed by atoms with Gasteiger partial charge in [-0.05, 0) is 30.7 Å². The number of aliphatic carboxylic acids is 1. The van der Waals surface area contributed by atoms with Gasteiger partial charge in [-0.3, -0.25) is 14.5 Å². The monoisotopic (exact) mass is 310 g/mol. The first kappa shape index (κ1) is 15.3. The van der Waals surface area contributed by atoms with Crippen LogP contribution in [0, 0.1) is 5.92 Å². The minimum atomic E-state index is -1.51. The molecule has 0 radical (unpaired) electrons. The van der Waals surface area contributed by atoms with Crippen molar-refractivity contribution in [3.63, 3.8) is 0 Å². The van der Waals surface area contributed by atoms with Crippen LogP contribution in [0.15, 0.2) is 24.3 Å². The van der Waals surface area contributed by atoms with Crippen LogP contribution in [-0.4, -0.2) is 41.7 Å². The van der Waals surface area contributed by atoms with E-state index in [1.54, 1.807) is 24.3 Å². The first-order chi connectivity index (χ1) is 9.95. The highest BCUT2D eigenvalue weighted by atomic mass is 35.5. The van der Waals surface area contributed by atoms with E-state index >= 15 is 0 Å². The molecule has 1 saturated heterocycles. The van der Waals surface area contributed by atoms with Crippen molar-refractivity contribution in [2.45, 2.75) is 11.8 Å². The molecular formula is C14H13ClNO5-. The molecule has 0 aliphatic carbocycles. The van der Waals surface area contributed by atoms with Crippen LogP contribution in [0.2, 0.25) is 0 Å². The SMILES string of the molecule is COc1ccc(C(=O)N2CC[C@H]([C@@H](Cl)C(=O)[O-])C2=O)cc1. The van der Waals surface area contributed by atoms with Gasteiger partial charge in [0.05, 0.1) is 24.4 Å². The normalized spacial score (nSPS) is 19.4. The molecule has 0 aromatic heterocycles. The number of carboxylic acid groups (broad SMARTS) is 1. The van der Waals surface area contributed by atoms with Crippen LogP contribution in [0.1, 0.15) is 16.8 Å². The Balaban J connectivity index is 2.13. The van der Waals surface area contributed by atoms with Crippen LogP contribution < -0.4 is 9.84 Å². The largest absolute Gasteiger partial charge is 0.549 e. The molecule has 21 heavy (non-hydrogen) atoms. The number of carboxylic acids is 1. The Hall–Kier alpha value is -2.08. The van der Waals surface area contributed by atoms with Gasteiger partial charge < -0.3 is 14.6 Å². The molecule has 0 spiro atoms. The lowest BCUT2D eigenvalue weighted by atomic mass is 10.0. The summed E-state index contributed by atoms with van der Waals surface area (Å²) in [4.78, 5) is 36.1. The minimum Gasteiger partial charge on any atom is -0.549 e. The molecule has 2 amide bonds. The van der Waals surface area contributed by atoms with Gasteiger partial charge in [-0.15, -0.1) is 11.6 Å². The summed E-state index contributed by atoms with van der Waals surface area (Å²) in [5.41, 5.74) is 0.323. The zero-order valence-corrected chi connectivity index (χ0v) is 12.0. The molecule has 1 aliphatic heterocycles. The highest BCUT2D eigenvalue weighted by Gasteiger charge is 2.40. The Morgan fingerprint density at radius 3 is 2.52 bits per heavy atom. The summed E-state index contributed by atoms with van der Waals surface area (Å²) in [5.74, 6) is -2.91. The number of methoxy groups -OCH3 is 1. The number of ether oxygens (including phenoxy) is 1. The van der Waals surface area contributed by atoms with Crippen molar-refractivity contribution in [2.75, 3.05) is 13.7 Å². The predicted molar refractivity (Wildman–Crippen MR) is 71.8 cm³/mol. The Kier molecular flexibility index (Phi) is 4.47. The van der Waals surface area contributed by atoms with Gasteiger partial charge in [0.2, 0.25) is 5.91 Å². The summed E-state index contributed by atoms with van der Waals surface area (Å²) in [7, 11) is 1.51. The van der Waals surface area contributed by atoms with Gasteiger partial charge in [0.25, 0.3) is 5.91 Å². The fourth-order valence-corrected chi connectivity index (χ4v) is 2.46. The lowest BCUT2D eigenvalue weighted by molar-refractivity contribution is -0.305. The third-order valence-corrected chi connectivity index (χ3v) is 3.89. The van der Waals surface area contributed by atoms with Gasteiger partial charge in [0, 0.05) is 12.1 Å². The first-order valence-electron chi connectivity index (χ1n) is 6.30. The minimum absolute atomic E-state index is 0.144. The molecule has 1 heterocycles. The second-order valence-electron chi connectivity index (χ2n) is 4.64. The summed E-state index contributed by atoms with van der Waals surface area (Å²) in [5, 5.41) is 9.31. The number of imide groups is 1. The Morgan fingerprint density at radius 1 is 1.38 bits per heavy atom. The van der Waals surface area contributed by atoms with Crippen molar-refractivity contribution >= 4 is 29.4 Å². The smallest absolute Gasteiger partial charge is 0.260 e. The molecule has 0 N–H and O–H groups in total. The summed E-state index contributed by atoms with van der Waals surface area (Å²) < 4.78 is 4.99. The van der Waals surface area contributed by atoms with Crippen LogP contribution in [-0.2, 0) is 9.59 Å². The van der Waals surface area contributed by atoms with E-state index in [9.17, 15) is 19.5 Å². The number of nitrogens with zero attached hydrogens (tertiary/aromatic N) is 1. The van der Waals surface area contributed by atoms with Crippen LogP contribution in [0.5, 0.6) is 5.75 Å². The standard InChI is InChI=1S/C14H14ClNO5/c1-21-9-4-2-8(3-5-9)12(17)16-7-6-10(13(16)18)11(15)14(19)20/h2-5,10-11H,6-7H2,1H3,(H,19,20)/p-1/t10-,11-/m1/s1. The zero-order chi connectivity index (χ0) is 15.6. The van der Waals surface area contributed by atoms with E-state index in [2.05, 4.69) is 0 Å². The van der Waals surface area contributed by atoms with E-state index in [-0.39, 0.29) is 13.0 Å². The van der Waals surface area contributed by atoms with Crippen LogP contribution in [0.4, 0.5) is 0 Å². The second-order valence-corrected chi connectivity index (χ2v) is 5.11. The molecule has 2 rings (SSSR count). The Morgan fingerprint density at radius 2 is 2.00 bits per heavy atom. The van der Waals surface area contributed by atoms with Gasteiger partial charge in [-0.25, -0.2) is 0 Å². The van der Waals surface area contributed by atoms with Gasteiger partial charge >= 0.3 is 0 Å². The number of benzene rings is 1. The number of hydrogen-bond acceptors (Lipinski definition) is 5. The number of alkyl halides is 1. The number of likely N-dealkylation sites (tertiary alicyclic amines) is 1. The molecular weight excluding hydrogens is 298 g/mol. The van der Waals surface area contributed by atoms with Gasteiger partial charge in [0.1, 0.15) is 5.75 Å². The fraction of sp³-hybridized carbons (Fsp3) is 0.357. The lowest BCUT2D eigenvalue weighted by Crippen LogP contribution is -2.41. The molecule has 1 aliphatic rings. The molecule has 0 bridgehead atoms. The van der Waals surface area contributed by atoms with E-state index in [0.717, 1.165) is 4.90 Å². The highest BCUT2D eigenvalue weighted by molar-refractivity contribution is 6.31. The van der Waals surface area contributed by atoms with Crippen LogP contribution >= 0.6 is 11.6 Å². The van der Waals surface area contributed by atoms with E-state index in [1.165, 1.54) is 7.11 Å². The second kappa shape index (κ2) is 6.13. The third kappa shape index (κ3) is 3.00. The van der Waals surface area contributed by atoms with E-state index < -0.39 is 29.1 Å². The van der Waals surface area contributed by atoms with Crippen molar-refractivity contribution in [3.05, 3.63) is 29.8 Å². The van der Waals surface area contributed by atoms with Crippen LogP contribution in [0.3, 0.4) is 0 Å². The number of carbonyl (C=O) groups is 3. The first-order valence-corrected chi connectivity index (χ1v) is 6.74. The molecule has 112 valence electrons. The lowest BCUT2D eigenvalue weighted by Gasteiger charge is -2.18. The van der Waals surface area contributed by atoms with Gasteiger partial charge in [-0.1, -0.05) is 0 Å². The van der Waals surface area contributed by atoms with Crippen molar-refractivity contribution in [1.82, 2.24) is 4.90 Å². The highest BCUT2D eigenvalue weighted by Crippen LogP contribution is 2.26. The average molecular weight is 311 g/mol. The zero-order valence-electron chi connectivity index (χ0n) is 11.2. The number of hydrogen-bond donors (Lipinski definition) is 0. The molecule has 7 heteroatoms.